The minimum Gasteiger partial charge on any atom is -0.302 e. The fourth-order valence-corrected chi connectivity index (χ4v) is 3.03. The molecule has 0 atom stereocenters. The average Bonchev–Trinajstić information content (AvgIpc) is 2.47. The molecule has 0 unspecified atom stereocenters. The minimum absolute atomic E-state index is 0.269. The van der Waals surface area contributed by atoms with E-state index in [1.54, 1.807) is 0 Å². The first-order chi connectivity index (χ1) is 9.53. The molecule has 0 spiro atoms. The second-order valence-corrected chi connectivity index (χ2v) is 6.60. The monoisotopic (exact) mass is 273 g/mol. The van der Waals surface area contributed by atoms with E-state index >= 15 is 0 Å². The normalized spacial score (nSPS) is 17.1. The van der Waals surface area contributed by atoms with Crippen LogP contribution in [0.4, 0.5) is 0 Å². The molecule has 1 heterocycles. The zero-order valence-corrected chi connectivity index (χ0v) is 13.1. The van der Waals surface area contributed by atoms with Crippen molar-refractivity contribution in [2.24, 2.45) is 5.41 Å². The van der Waals surface area contributed by atoms with Crippen LogP contribution >= 0.6 is 0 Å². The molecule has 2 nitrogen and oxygen atoms in total. The van der Waals surface area contributed by atoms with Crippen LogP contribution in [0.5, 0.6) is 0 Å². The van der Waals surface area contributed by atoms with Gasteiger partial charge >= 0.3 is 0 Å². The number of carbonyl (C=O) groups is 1. The predicted octanol–water partition coefficient (Wildman–Crippen LogP) is 3.94. The molecule has 2 rings (SSSR count). The molecule has 1 saturated heterocycles. The lowest BCUT2D eigenvalue weighted by Gasteiger charge is -2.34. The largest absolute Gasteiger partial charge is 0.302 e. The van der Waals surface area contributed by atoms with Crippen LogP contribution in [-0.4, -0.2) is 30.3 Å². The molecule has 0 aromatic heterocycles. The van der Waals surface area contributed by atoms with Gasteiger partial charge in [-0.05, 0) is 37.9 Å². The van der Waals surface area contributed by atoms with Crippen LogP contribution in [0.25, 0.3) is 0 Å². The third kappa shape index (κ3) is 3.69. The van der Waals surface area contributed by atoms with E-state index in [4.69, 9.17) is 0 Å². The van der Waals surface area contributed by atoms with Crippen LogP contribution in [0.15, 0.2) is 24.3 Å². The van der Waals surface area contributed by atoms with Crippen molar-refractivity contribution in [1.29, 1.82) is 0 Å². The van der Waals surface area contributed by atoms with Gasteiger partial charge in [0.25, 0.3) is 0 Å². The number of benzene rings is 1. The Kier molecular flexibility index (Phi) is 4.98. The van der Waals surface area contributed by atoms with Gasteiger partial charge in [-0.25, -0.2) is 0 Å². The van der Waals surface area contributed by atoms with E-state index in [1.807, 2.05) is 12.1 Å². The smallest absolute Gasteiger partial charge is 0.169 e. The average molecular weight is 273 g/mol. The number of aryl methyl sites for hydroxylation is 1. The molecule has 20 heavy (non-hydrogen) atoms. The lowest BCUT2D eigenvalue weighted by molar-refractivity contribution is 0.0744. The van der Waals surface area contributed by atoms with Crippen LogP contribution in [0.3, 0.4) is 0 Å². The molecular formula is C18H27NO. The molecule has 2 heteroatoms. The van der Waals surface area contributed by atoms with Gasteiger partial charge in [-0.1, -0.05) is 51.5 Å². The zero-order valence-electron chi connectivity index (χ0n) is 13.1. The quantitative estimate of drug-likeness (QED) is 0.757. The number of rotatable bonds is 5. The molecule has 1 aliphatic rings. The van der Waals surface area contributed by atoms with Crippen molar-refractivity contribution in [3.05, 3.63) is 35.4 Å². The highest BCUT2D eigenvalue weighted by Crippen LogP contribution is 2.25. The van der Waals surface area contributed by atoms with Gasteiger partial charge < -0.3 is 4.90 Å². The number of likely N-dealkylation sites (tertiary alicyclic amines) is 1. The number of carbonyl (C=O) groups excluding carboxylic acids is 1. The molecule has 0 aliphatic carbocycles. The van der Waals surface area contributed by atoms with Gasteiger partial charge in [0.2, 0.25) is 0 Å². The summed E-state index contributed by atoms with van der Waals surface area (Å²) in [6.07, 6.45) is 4.90. The van der Waals surface area contributed by atoms with Crippen molar-refractivity contribution in [2.75, 3.05) is 19.6 Å². The van der Waals surface area contributed by atoms with Gasteiger partial charge in [-0.3, -0.25) is 4.79 Å². The highest BCUT2D eigenvalue weighted by atomic mass is 16.1. The van der Waals surface area contributed by atoms with E-state index in [0.29, 0.717) is 0 Å². The fraction of sp³-hybridized carbons (Fsp3) is 0.611. The van der Waals surface area contributed by atoms with Crippen LogP contribution < -0.4 is 0 Å². The standard InChI is InChI=1S/C18H27NO/c1-4-15-8-10-16(11-9-15)17(20)18(2,3)14-19-12-6-5-7-13-19/h8-11H,4-7,12-14H2,1-3H3. The van der Waals surface area contributed by atoms with Crippen molar-refractivity contribution in [3.8, 4) is 0 Å². The topological polar surface area (TPSA) is 20.3 Å². The Morgan fingerprint density at radius 2 is 1.70 bits per heavy atom. The molecule has 0 N–H and O–H groups in total. The first kappa shape index (κ1) is 15.2. The van der Waals surface area contributed by atoms with Gasteiger partial charge in [-0.15, -0.1) is 0 Å². The van der Waals surface area contributed by atoms with Gasteiger partial charge in [-0.2, -0.15) is 0 Å². The van der Waals surface area contributed by atoms with E-state index in [2.05, 4.69) is 37.8 Å². The maximum absolute atomic E-state index is 12.7. The van der Waals surface area contributed by atoms with E-state index in [1.165, 1.54) is 24.8 Å². The summed E-state index contributed by atoms with van der Waals surface area (Å²) in [5.41, 5.74) is 1.84. The molecule has 110 valence electrons. The number of Topliss-reactive ketones (excluding diaryl/α,β-unsaturated/α-hetero) is 1. The molecule has 1 aromatic rings. The van der Waals surface area contributed by atoms with Crippen LogP contribution in [-0.2, 0) is 6.42 Å². The lowest BCUT2D eigenvalue weighted by atomic mass is 9.83. The third-order valence-electron chi connectivity index (χ3n) is 4.31. The van der Waals surface area contributed by atoms with Gasteiger partial charge in [0.15, 0.2) is 5.78 Å². The predicted molar refractivity (Wildman–Crippen MR) is 84.2 cm³/mol. The maximum Gasteiger partial charge on any atom is 0.169 e. The zero-order chi connectivity index (χ0) is 14.6. The molecular weight excluding hydrogens is 246 g/mol. The number of hydrogen-bond donors (Lipinski definition) is 0. The van der Waals surface area contributed by atoms with Gasteiger partial charge in [0.1, 0.15) is 0 Å². The summed E-state index contributed by atoms with van der Waals surface area (Å²) in [5.74, 6) is 0.269. The first-order valence-corrected chi connectivity index (χ1v) is 7.89. The molecule has 1 aromatic carbocycles. The maximum atomic E-state index is 12.7. The van der Waals surface area contributed by atoms with E-state index < -0.39 is 0 Å². The Hall–Kier alpha value is -1.15. The second-order valence-electron chi connectivity index (χ2n) is 6.60. The highest BCUT2D eigenvalue weighted by molar-refractivity contribution is 6.00. The summed E-state index contributed by atoms with van der Waals surface area (Å²) >= 11 is 0. The highest BCUT2D eigenvalue weighted by Gasteiger charge is 2.31. The summed E-state index contributed by atoms with van der Waals surface area (Å²) < 4.78 is 0. The van der Waals surface area contributed by atoms with Crippen LogP contribution in [0.2, 0.25) is 0 Å². The van der Waals surface area contributed by atoms with Crippen molar-refractivity contribution in [3.63, 3.8) is 0 Å². The summed E-state index contributed by atoms with van der Waals surface area (Å²) in [6.45, 7) is 9.46. The number of nitrogens with zero attached hydrogens (tertiary/aromatic N) is 1. The number of ketones is 1. The van der Waals surface area contributed by atoms with E-state index in [9.17, 15) is 4.79 Å². The van der Waals surface area contributed by atoms with Crippen molar-refractivity contribution in [1.82, 2.24) is 4.90 Å². The van der Waals surface area contributed by atoms with Crippen molar-refractivity contribution < 1.29 is 4.79 Å². The Morgan fingerprint density at radius 3 is 2.25 bits per heavy atom. The summed E-state index contributed by atoms with van der Waals surface area (Å²) in [7, 11) is 0. The molecule has 0 bridgehead atoms. The first-order valence-electron chi connectivity index (χ1n) is 7.89. The van der Waals surface area contributed by atoms with Gasteiger partial charge in [0.05, 0.1) is 0 Å². The summed E-state index contributed by atoms with van der Waals surface area (Å²) in [6, 6.07) is 8.12. The van der Waals surface area contributed by atoms with Crippen molar-refractivity contribution >= 4 is 5.78 Å². The van der Waals surface area contributed by atoms with Crippen LogP contribution in [0.1, 0.15) is 56.0 Å². The second kappa shape index (κ2) is 6.53. The Balaban J connectivity index is 2.04. The molecule has 0 radical (unpaired) electrons. The van der Waals surface area contributed by atoms with Crippen molar-refractivity contribution in [2.45, 2.75) is 46.5 Å². The molecule has 0 saturated carbocycles. The lowest BCUT2D eigenvalue weighted by Crippen LogP contribution is -2.41. The SMILES string of the molecule is CCc1ccc(C(=O)C(C)(C)CN2CCCCC2)cc1. The van der Waals surface area contributed by atoms with E-state index in [0.717, 1.165) is 31.6 Å². The minimum atomic E-state index is -0.301. The van der Waals surface area contributed by atoms with E-state index in [-0.39, 0.29) is 11.2 Å². The number of hydrogen-bond acceptors (Lipinski definition) is 2. The van der Waals surface area contributed by atoms with Crippen LogP contribution in [0, 0.1) is 5.41 Å². The third-order valence-corrected chi connectivity index (χ3v) is 4.31. The fourth-order valence-electron chi connectivity index (χ4n) is 3.03. The van der Waals surface area contributed by atoms with Gasteiger partial charge in [0, 0.05) is 17.5 Å². The Morgan fingerprint density at radius 1 is 1.10 bits per heavy atom. The number of piperidine rings is 1. The molecule has 1 aliphatic heterocycles. The Labute approximate surface area is 123 Å². The summed E-state index contributed by atoms with van der Waals surface area (Å²) in [4.78, 5) is 15.2. The Bertz CT molecular complexity index is 441. The summed E-state index contributed by atoms with van der Waals surface area (Å²) in [5, 5.41) is 0. The molecule has 0 amide bonds. The molecule has 1 fully saturated rings.